The first kappa shape index (κ1) is 25.5. The molecule has 8 nitrogen and oxygen atoms in total. The highest BCUT2D eigenvalue weighted by Crippen LogP contribution is 2.35. The van der Waals surface area contributed by atoms with E-state index in [9.17, 15) is 27.2 Å². The monoisotopic (exact) mass is 507 g/mol. The van der Waals surface area contributed by atoms with Gasteiger partial charge in [0, 0.05) is 24.2 Å². The van der Waals surface area contributed by atoms with Gasteiger partial charge in [0.25, 0.3) is 11.5 Å². The first-order valence-electron chi connectivity index (χ1n) is 11.3. The predicted octanol–water partition coefficient (Wildman–Crippen LogP) is 4.21. The number of aromatic amines is 1. The van der Waals surface area contributed by atoms with Gasteiger partial charge in [-0.3, -0.25) is 9.59 Å². The van der Waals surface area contributed by atoms with Crippen LogP contribution in [0, 0.1) is 12.7 Å². The number of nitrogens with one attached hydrogen (secondary N) is 2. The molecule has 0 radical (unpaired) electrons. The Morgan fingerprint density at radius 2 is 1.86 bits per heavy atom. The summed E-state index contributed by atoms with van der Waals surface area (Å²) in [5, 5.41) is 2.58. The topological polar surface area (TPSA) is 100 Å². The lowest BCUT2D eigenvalue weighted by molar-refractivity contribution is -0.141. The van der Waals surface area contributed by atoms with Gasteiger partial charge >= 0.3 is 6.18 Å². The van der Waals surface area contributed by atoms with Crippen molar-refractivity contribution in [2.24, 2.45) is 0 Å². The third-order valence-electron chi connectivity index (χ3n) is 5.87. The van der Waals surface area contributed by atoms with Crippen molar-refractivity contribution < 1.29 is 27.1 Å². The van der Waals surface area contributed by atoms with Crippen LogP contribution in [0.2, 0.25) is 0 Å². The number of aryl methyl sites for hydroxylation is 1. The Labute approximate surface area is 203 Å². The van der Waals surface area contributed by atoms with Crippen LogP contribution < -0.4 is 10.9 Å². The maximum atomic E-state index is 14.9. The SMILES string of the molecule is Cc1nc2nc(C(F)(F)F)c([C@@H](C)Nc3ccc(C(=O)N4C[C@@H](C)O[C@@H](C)C4)cc3F)cc2c(=O)[nH]1. The zero-order valence-electron chi connectivity index (χ0n) is 20.0. The summed E-state index contributed by atoms with van der Waals surface area (Å²) in [6, 6.07) is 3.72. The number of aromatic nitrogens is 3. The predicted molar refractivity (Wildman–Crippen MR) is 124 cm³/mol. The molecule has 1 aromatic carbocycles. The number of anilines is 1. The number of nitrogens with zero attached hydrogens (tertiary/aromatic N) is 3. The van der Waals surface area contributed by atoms with E-state index in [4.69, 9.17) is 4.74 Å². The van der Waals surface area contributed by atoms with Gasteiger partial charge in [0.1, 0.15) is 11.6 Å². The number of hydrogen-bond donors (Lipinski definition) is 2. The van der Waals surface area contributed by atoms with Crippen LogP contribution in [0.3, 0.4) is 0 Å². The molecule has 2 N–H and O–H groups in total. The Hall–Kier alpha value is -3.54. The van der Waals surface area contributed by atoms with Crippen molar-refractivity contribution in [3.63, 3.8) is 0 Å². The second-order valence-electron chi connectivity index (χ2n) is 8.97. The van der Waals surface area contributed by atoms with Crippen LogP contribution in [0.1, 0.15) is 54.3 Å². The smallest absolute Gasteiger partial charge is 0.376 e. The molecular formula is C24H25F4N5O3. The first-order chi connectivity index (χ1) is 16.8. The number of amides is 1. The van der Waals surface area contributed by atoms with Crippen molar-refractivity contribution in [2.45, 2.75) is 52.1 Å². The van der Waals surface area contributed by atoms with Crippen LogP contribution >= 0.6 is 0 Å². The minimum atomic E-state index is -4.83. The van der Waals surface area contributed by atoms with Gasteiger partial charge in [-0.25, -0.2) is 14.4 Å². The molecule has 1 saturated heterocycles. The van der Waals surface area contributed by atoms with E-state index in [1.54, 1.807) is 4.90 Å². The largest absolute Gasteiger partial charge is 0.433 e. The lowest BCUT2D eigenvalue weighted by atomic mass is 10.0. The molecule has 0 saturated carbocycles. The summed E-state index contributed by atoms with van der Waals surface area (Å²) in [6.07, 6.45) is -5.15. The van der Waals surface area contributed by atoms with E-state index >= 15 is 0 Å². The van der Waals surface area contributed by atoms with Crippen LogP contribution in [0.15, 0.2) is 29.1 Å². The Morgan fingerprint density at radius 1 is 1.19 bits per heavy atom. The van der Waals surface area contributed by atoms with Crippen molar-refractivity contribution in [1.82, 2.24) is 19.9 Å². The van der Waals surface area contributed by atoms with Gasteiger partial charge < -0.3 is 19.9 Å². The summed E-state index contributed by atoms with van der Waals surface area (Å²) < 4.78 is 62.0. The molecule has 2 aromatic heterocycles. The van der Waals surface area contributed by atoms with Gasteiger partial charge in [-0.15, -0.1) is 0 Å². The third-order valence-corrected chi connectivity index (χ3v) is 5.87. The Morgan fingerprint density at radius 3 is 2.47 bits per heavy atom. The number of carbonyl (C=O) groups excluding carboxylic acids is 1. The normalized spacial score (nSPS) is 19.4. The number of halogens is 4. The van der Waals surface area contributed by atoms with E-state index in [2.05, 4.69) is 20.3 Å². The highest BCUT2D eigenvalue weighted by molar-refractivity contribution is 5.94. The number of pyridine rings is 1. The van der Waals surface area contributed by atoms with E-state index in [-0.39, 0.29) is 51.8 Å². The second-order valence-corrected chi connectivity index (χ2v) is 8.97. The molecule has 1 fully saturated rings. The highest BCUT2D eigenvalue weighted by Gasteiger charge is 2.37. The summed E-state index contributed by atoms with van der Waals surface area (Å²) in [6.45, 7) is 7.24. The standard InChI is InChI=1S/C24H25F4N5O3/c1-11-9-33(10-12(2)36-11)23(35)15-5-6-19(18(25)7-15)29-13(3)16-8-17-21(30-14(4)31-22(17)34)32-20(16)24(26,27)28/h5-8,11-13,29H,9-10H2,1-4H3,(H,30,31,32,34)/t11-,12+,13-/m1/s1. The molecule has 3 aromatic rings. The fourth-order valence-corrected chi connectivity index (χ4v) is 4.35. The zero-order valence-corrected chi connectivity index (χ0v) is 20.0. The van der Waals surface area contributed by atoms with Crippen molar-refractivity contribution in [2.75, 3.05) is 18.4 Å². The zero-order chi connectivity index (χ0) is 26.4. The molecular weight excluding hydrogens is 482 g/mol. The lowest BCUT2D eigenvalue weighted by Crippen LogP contribution is -2.48. The number of carbonyl (C=O) groups is 1. The van der Waals surface area contributed by atoms with Crippen LogP contribution in [-0.4, -0.2) is 51.1 Å². The summed E-state index contributed by atoms with van der Waals surface area (Å²) in [5.74, 6) is -1.04. The van der Waals surface area contributed by atoms with Crippen molar-refractivity contribution in [1.29, 1.82) is 0 Å². The molecule has 1 amide bonds. The Bertz CT molecular complexity index is 1360. The number of benzene rings is 1. The summed E-state index contributed by atoms with van der Waals surface area (Å²) in [4.78, 5) is 36.6. The third kappa shape index (κ3) is 5.18. The van der Waals surface area contributed by atoms with E-state index in [0.29, 0.717) is 13.1 Å². The lowest BCUT2D eigenvalue weighted by Gasteiger charge is -2.35. The van der Waals surface area contributed by atoms with E-state index in [1.165, 1.54) is 26.0 Å². The molecule has 192 valence electrons. The van der Waals surface area contributed by atoms with Crippen LogP contribution in [0.4, 0.5) is 23.2 Å². The average molecular weight is 507 g/mol. The average Bonchev–Trinajstić information content (AvgIpc) is 2.77. The molecule has 36 heavy (non-hydrogen) atoms. The summed E-state index contributed by atoms with van der Waals surface area (Å²) in [5.41, 5.74) is -2.53. The van der Waals surface area contributed by atoms with Gasteiger partial charge in [0.2, 0.25) is 0 Å². The van der Waals surface area contributed by atoms with Crippen LogP contribution in [0.5, 0.6) is 0 Å². The van der Waals surface area contributed by atoms with Crippen LogP contribution in [-0.2, 0) is 10.9 Å². The highest BCUT2D eigenvalue weighted by atomic mass is 19.4. The number of hydrogen-bond acceptors (Lipinski definition) is 6. The van der Waals surface area contributed by atoms with Crippen LogP contribution in [0.25, 0.3) is 11.0 Å². The number of H-pyrrole nitrogens is 1. The van der Waals surface area contributed by atoms with E-state index in [1.807, 2.05) is 13.8 Å². The van der Waals surface area contributed by atoms with Crippen molar-refractivity contribution in [3.05, 3.63) is 63.1 Å². The molecule has 3 atom stereocenters. The Balaban J connectivity index is 1.63. The fourth-order valence-electron chi connectivity index (χ4n) is 4.35. The molecule has 0 spiro atoms. The van der Waals surface area contributed by atoms with Crippen molar-refractivity contribution >= 4 is 22.6 Å². The number of ether oxygens (including phenoxy) is 1. The van der Waals surface area contributed by atoms with Gasteiger partial charge in [-0.1, -0.05) is 0 Å². The minimum absolute atomic E-state index is 0.105. The molecule has 1 aliphatic rings. The minimum Gasteiger partial charge on any atom is -0.376 e. The van der Waals surface area contributed by atoms with Gasteiger partial charge in [0.15, 0.2) is 11.3 Å². The molecule has 1 aliphatic heterocycles. The maximum absolute atomic E-state index is 14.9. The van der Waals surface area contributed by atoms with Gasteiger partial charge in [-0.05, 0) is 52.0 Å². The van der Waals surface area contributed by atoms with E-state index < -0.39 is 29.3 Å². The fraction of sp³-hybridized carbons (Fsp3) is 0.417. The molecule has 0 aliphatic carbocycles. The molecule has 4 rings (SSSR count). The molecule has 0 bridgehead atoms. The molecule has 0 unspecified atom stereocenters. The molecule has 3 heterocycles. The van der Waals surface area contributed by atoms with E-state index in [0.717, 1.165) is 12.1 Å². The number of rotatable bonds is 4. The summed E-state index contributed by atoms with van der Waals surface area (Å²) >= 11 is 0. The Kier molecular flexibility index (Phi) is 6.74. The summed E-state index contributed by atoms with van der Waals surface area (Å²) in [7, 11) is 0. The second kappa shape index (κ2) is 9.49. The quantitative estimate of drug-likeness (QED) is 0.514. The van der Waals surface area contributed by atoms with Crippen molar-refractivity contribution in [3.8, 4) is 0 Å². The van der Waals surface area contributed by atoms with Gasteiger partial charge in [-0.2, -0.15) is 13.2 Å². The number of alkyl halides is 3. The first-order valence-corrected chi connectivity index (χ1v) is 11.3. The maximum Gasteiger partial charge on any atom is 0.433 e. The number of morpholine rings is 1. The van der Waals surface area contributed by atoms with Gasteiger partial charge in [0.05, 0.1) is 29.3 Å². The number of fused-ring (bicyclic) bond motifs is 1. The molecule has 12 heteroatoms.